The molecule has 0 aromatic rings. The van der Waals surface area contributed by atoms with Gasteiger partial charge < -0.3 is 10.2 Å². The zero-order valence-corrected chi connectivity index (χ0v) is 13.7. The van der Waals surface area contributed by atoms with Gasteiger partial charge in [0.25, 0.3) is 0 Å². The van der Waals surface area contributed by atoms with Crippen LogP contribution in [0.25, 0.3) is 0 Å². The topological polar surface area (TPSA) is 41.6 Å². The van der Waals surface area contributed by atoms with Gasteiger partial charge in [-0.3, -0.25) is 0 Å². The number of carbonyl (C=O) groups excluding carboxylic acids is 1. The van der Waals surface area contributed by atoms with Crippen LogP contribution in [0.15, 0.2) is 0 Å². The zero-order valence-electron chi connectivity index (χ0n) is 12.7. The van der Waals surface area contributed by atoms with Gasteiger partial charge in [-0.1, -0.05) is 26.1 Å². The quantitative estimate of drug-likeness (QED) is 0.785. The summed E-state index contributed by atoms with van der Waals surface area (Å²) in [5, 5.41) is 4.78. The highest BCUT2D eigenvalue weighted by Gasteiger charge is 2.36. The van der Waals surface area contributed by atoms with E-state index in [-0.39, 0.29) is 11.6 Å². The maximum Gasteiger partial charge on any atom is 0.426 e. The first-order valence-electron chi connectivity index (χ1n) is 6.86. The van der Waals surface area contributed by atoms with Crippen molar-refractivity contribution in [1.29, 1.82) is 0 Å². The molecule has 1 fully saturated rings. The molecular formula is C13H28N2O2Si. The Morgan fingerprint density at radius 1 is 1.28 bits per heavy atom. The highest BCUT2D eigenvalue weighted by atomic mass is 28.3. The van der Waals surface area contributed by atoms with E-state index >= 15 is 0 Å². The summed E-state index contributed by atoms with van der Waals surface area (Å²) in [6, 6.07) is 0. The number of amides is 1. The molecule has 1 atom stereocenters. The number of hydrogen-bond acceptors (Lipinski definition) is 3. The van der Waals surface area contributed by atoms with Crippen LogP contribution in [0.1, 0.15) is 40.0 Å². The normalized spacial score (nSPS) is 22.7. The highest BCUT2D eigenvalue weighted by molar-refractivity contribution is 6.77. The summed E-state index contributed by atoms with van der Waals surface area (Å²) in [5.41, 5.74) is 0.193. The smallest absolute Gasteiger partial charge is 0.351 e. The summed E-state index contributed by atoms with van der Waals surface area (Å²) in [6.07, 6.45) is 3.19. The van der Waals surface area contributed by atoms with Gasteiger partial charge in [0.05, 0.1) is 8.07 Å². The van der Waals surface area contributed by atoms with E-state index < -0.39 is 8.07 Å². The number of hydrogen-bond donors (Lipinski definition) is 1. The molecule has 1 amide bonds. The first-order valence-corrected chi connectivity index (χ1v) is 10.4. The predicted molar refractivity (Wildman–Crippen MR) is 77.1 cm³/mol. The standard InChI is InChI=1S/C13H28N2O2Si/c1-13(2,3)14-12(16)17-15-10-8-7-9-11(15)18(4,5)6/h11H,7-10H2,1-6H3,(H,14,16). The van der Waals surface area contributed by atoms with Crippen molar-refractivity contribution in [2.24, 2.45) is 0 Å². The van der Waals surface area contributed by atoms with Gasteiger partial charge in [-0.2, -0.15) is 0 Å². The molecule has 1 unspecified atom stereocenters. The van der Waals surface area contributed by atoms with Crippen LogP contribution < -0.4 is 5.32 Å². The maximum absolute atomic E-state index is 11.8. The fraction of sp³-hybridized carbons (Fsp3) is 0.923. The fourth-order valence-electron chi connectivity index (χ4n) is 2.31. The largest absolute Gasteiger partial charge is 0.426 e. The van der Waals surface area contributed by atoms with Crippen molar-refractivity contribution in [2.45, 2.75) is 70.9 Å². The Balaban J connectivity index is 2.60. The molecule has 1 rings (SSSR count). The molecule has 1 N–H and O–H groups in total. The Kier molecular flexibility index (Phi) is 4.83. The lowest BCUT2D eigenvalue weighted by molar-refractivity contribution is -0.127. The molecule has 0 aromatic heterocycles. The molecule has 5 heteroatoms. The van der Waals surface area contributed by atoms with Gasteiger partial charge in [-0.15, -0.1) is 5.06 Å². The third-order valence-corrected chi connectivity index (χ3v) is 5.71. The van der Waals surface area contributed by atoms with Gasteiger partial charge in [-0.25, -0.2) is 4.79 Å². The van der Waals surface area contributed by atoms with E-state index in [2.05, 4.69) is 25.0 Å². The third-order valence-electron chi connectivity index (χ3n) is 3.13. The summed E-state index contributed by atoms with van der Waals surface area (Å²) in [5.74, 6) is 0. The third kappa shape index (κ3) is 4.98. The number of nitrogens with zero attached hydrogens (tertiary/aromatic N) is 1. The molecular weight excluding hydrogens is 244 g/mol. The molecule has 0 aromatic carbocycles. The van der Waals surface area contributed by atoms with E-state index in [0.29, 0.717) is 5.67 Å². The lowest BCUT2D eigenvalue weighted by Gasteiger charge is -2.40. The van der Waals surface area contributed by atoms with E-state index in [1.54, 1.807) is 0 Å². The van der Waals surface area contributed by atoms with Crippen LogP contribution >= 0.6 is 0 Å². The van der Waals surface area contributed by atoms with Crippen LogP contribution in [-0.2, 0) is 4.84 Å². The van der Waals surface area contributed by atoms with E-state index in [4.69, 9.17) is 4.84 Å². The maximum atomic E-state index is 11.8. The molecule has 0 bridgehead atoms. The average Bonchev–Trinajstić information content (AvgIpc) is 2.13. The monoisotopic (exact) mass is 272 g/mol. The summed E-state index contributed by atoms with van der Waals surface area (Å²) < 4.78 is 0. The first-order chi connectivity index (χ1) is 8.09. The van der Waals surface area contributed by atoms with E-state index in [0.717, 1.165) is 19.4 Å². The van der Waals surface area contributed by atoms with Gasteiger partial charge in [0.15, 0.2) is 0 Å². The van der Waals surface area contributed by atoms with Crippen LogP contribution in [0.4, 0.5) is 4.79 Å². The first kappa shape index (κ1) is 15.5. The van der Waals surface area contributed by atoms with Crippen LogP contribution in [0.3, 0.4) is 0 Å². The van der Waals surface area contributed by atoms with Crippen LogP contribution in [-0.4, -0.2) is 37.0 Å². The summed E-state index contributed by atoms with van der Waals surface area (Å²) in [7, 11) is -1.32. The lowest BCUT2D eigenvalue weighted by atomic mass is 10.1. The second-order valence-corrected chi connectivity index (χ2v) is 12.7. The summed E-state index contributed by atoms with van der Waals surface area (Å²) in [4.78, 5) is 17.4. The molecule has 1 heterocycles. The van der Waals surface area contributed by atoms with Crippen LogP contribution in [0.2, 0.25) is 19.6 Å². The van der Waals surface area contributed by atoms with Gasteiger partial charge in [0.1, 0.15) is 0 Å². The summed E-state index contributed by atoms with van der Waals surface area (Å²) >= 11 is 0. The van der Waals surface area contributed by atoms with Crippen molar-refractivity contribution in [1.82, 2.24) is 10.4 Å². The second kappa shape index (κ2) is 5.61. The van der Waals surface area contributed by atoms with Gasteiger partial charge in [0.2, 0.25) is 0 Å². The lowest BCUT2D eigenvalue weighted by Crippen LogP contribution is -2.55. The Labute approximate surface area is 112 Å². The second-order valence-electron chi connectivity index (χ2n) is 7.27. The Morgan fingerprint density at radius 3 is 2.39 bits per heavy atom. The number of carbonyl (C=O) groups is 1. The molecule has 0 spiro atoms. The SMILES string of the molecule is CC(C)(C)NC(=O)ON1CCCCC1[Si](C)(C)C. The Hall–Kier alpha value is -0.553. The molecule has 18 heavy (non-hydrogen) atoms. The minimum atomic E-state index is -1.32. The molecule has 4 nitrogen and oxygen atoms in total. The molecule has 106 valence electrons. The number of hydroxylamine groups is 2. The minimum absolute atomic E-state index is 0.248. The van der Waals surface area contributed by atoms with Crippen molar-refractivity contribution >= 4 is 14.2 Å². The van der Waals surface area contributed by atoms with E-state index in [1.807, 2.05) is 25.8 Å². The molecule has 1 saturated heterocycles. The average molecular weight is 272 g/mol. The van der Waals surface area contributed by atoms with Crippen molar-refractivity contribution < 1.29 is 9.63 Å². The van der Waals surface area contributed by atoms with Gasteiger partial charge in [0, 0.05) is 17.7 Å². The van der Waals surface area contributed by atoms with Crippen molar-refractivity contribution in [3.8, 4) is 0 Å². The van der Waals surface area contributed by atoms with Crippen molar-refractivity contribution in [3.63, 3.8) is 0 Å². The van der Waals surface area contributed by atoms with Crippen LogP contribution in [0, 0.1) is 0 Å². The number of piperidine rings is 1. The predicted octanol–water partition coefficient (Wildman–Crippen LogP) is 3.16. The molecule has 1 aliphatic heterocycles. The Morgan fingerprint density at radius 2 is 1.89 bits per heavy atom. The van der Waals surface area contributed by atoms with Crippen LogP contribution in [0.5, 0.6) is 0 Å². The van der Waals surface area contributed by atoms with Gasteiger partial charge in [-0.05, 0) is 33.6 Å². The molecule has 0 radical (unpaired) electrons. The van der Waals surface area contributed by atoms with E-state index in [9.17, 15) is 4.79 Å². The molecule has 0 saturated carbocycles. The fourth-order valence-corrected chi connectivity index (χ4v) is 4.43. The summed E-state index contributed by atoms with van der Waals surface area (Å²) in [6.45, 7) is 13.7. The zero-order chi connectivity index (χ0) is 14.0. The number of nitrogens with one attached hydrogen (secondary N) is 1. The number of rotatable bonds is 2. The molecule has 1 aliphatic rings. The van der Waals surface area contributed by atoms with Crippen molar-refractivity contribution in [3.05, 3.63) is 0 Å². The minimum Gasteiger partial charge on any atom is -0.351 e. The Bertz CT molecular complexity index is 294. The highest BCUT2D eigenvalue weighted by Crippen LogP contribution is 2.25. The van der Waals surface area contributed by atoms with Crippen molar-refractivity contribution in [2.75, 3.05) is 6.54 Å². The molecule has 0 aliphatic carbocycles. The van der Waals surface area contributed by atoms with Gasteiger partial charge >= 0.3 is 6.09 Å². The van der Waals surface area contributed by atoms with E-state index in [1.165, 1.54) is 6.42 Å².